The van der Waals surface area contributed by atoms with Crippen molar-refractivity contribution in [2.75, 3.05) is 23.4 Å². The predicted octanol–water partition coefficient (Wildman–Crippen LogP) is 4.47. The minimum Gasteiger partial charge on any atom is -0.490 e. The quantitative estimate of drug-likeness (QED) is 0.814. The molecule has 0 radical (unpaired) electrons. The lowest BCUT2D eigenvalue weighted by Crippen LogP contribution is -2.42. The number of carbonyl (C=O) groups is 2. The van der Waals surface area contributed by atoms with Crippen LogP contribution in [0.1, 0.15) is 54.4 Å². The first kappa shape index (κ1) is 20.3. The summed E-state index contributed by atoms with van der Waals surface area (Å²) in [6.45, 7) is 13.1. The van der Waals surface area contributed by atoms with E-state index in [4.69, 9.17) is 4.74 Å². The first-order valence-corrected chi connectivity index (χ1v) is 9.49. The summed E-state index contributed by atoms with van der Waals surface area (Å²) < 4.78 is 5.96. The number of ether oxygens (including phenoxy) is 1. The third kappa shape index (κ3) is 4.99. The highest BCUT2D eigenvalue weighted by atomic mass is 16.5. The molecule has 1 N–H and O–H groups in total. The summed E-state index contributed by atoms with van der Waals surface area (Å²) in [5.41, 5.74) is 0.894. The minimum absolute atomic E-state index is 0.0124. The highest BCUT2D eigenvalue weighted by molar-refractivity contribution is 6.00. The zero-order valence-corrected chi connectivity index (χ0v) is 16.9. The van der Waals surface area contributed by atoms with Gasteiger partial charge in [-0.2, -0.15) is 0 Å². The normalized spacial score (nSPS) is 16.3. The van der Waals surface area contributed by atoms with E-state index in [0.717, 1.165) is 12.1 Å². The van der Waals surface area contributed by atoms with E-state index in [9.17, 15) is 9.59 Å². The molecule has 1 aliphatic rings. The number of hydrogen-bond donors (Lipinski definition) is 1. The molecule has 0 bridgehead atoms. The van der Waals surface area contributed by atoms with E-state index in [1.807, 2.05) is 50.8 Å². The fraction of sp³-hybridized carbons (Fsp3) is 0.619. The second-order valence-corrected chi connectivity index (χ2v) is 8.64. The molecule has 0 aromatic heterocycles. The van der Waals surface area contributed by atoms with E-state index in [2.05, 4.69) is 19.2 Å². The van der Waals surface area contributed by atoms with Crippen molar-refractivity contribution in [3.63, 3.8) is 0 Å². The van der Waals surface area contributed by atoms with E-state index in [-0.39, 0.29) is 11.8 Å². The van der Waals surface area contributed by atoms with Crippen LogP contribution in [0.25, 0.3) is 0 Å². The maximum absolute atomic E-state index is 13.0. The van der Waals surface area contributed by atoms with Gasteiger partial charge in [0.2, 0.25) is 11.8 Å². The summed E-state index contributed by atoms with van der Waals surface area (Å²) in [6, 6.07) is 5.54. The lowest BCUT2D eigenvalue weighted by Gasteiger charge is -2.28. The maximum atomic E-state index is 13.0. The molecule has 5 heteroatoms. The molecule has 2 amide bonds. The Morgan fingerprint density at radius 1 is 1.23 bits per heavy atom. The van der Waals surface area contributed by atoms with Crippen LogP contribution in [0.15, 0.2) is 18.2 Å². The monoisotopic (exact) mass is 360 g/mol. The van der Waals surface area contributed by atoms with Gasteiger partial charge in [0.15, 0.2) is 0 Å². The smallest absolute Gasteiger partial charge is 0.236 e. The van der Waals surface area contributed by atoms with Crippen molar-refractivity contribution in [3.8, 4) is 5.75 Å². The third-order valence-electron chi connectivity index (χ3n) is 4.47. The summed E-state index contributed by atoms with van der Waals surface area (Å²) in [6.07, 6.45) is 1.40. The Hall–Kier alpha value is -2.04. The van der Waals surface area contributed by atoms with Gasteiger partial charge in [-0.3, -0.25) is 9.59 Å². The third-order valence-corrected chi connectivity index (χ3v) is 4.47. The number of rotatable bonds is 6. The van der Waals surface area contributed by atoms with Gasteiger partial charge in [-0.05, 0) is 44.2 Å². The molecule has 0 fully saturated rings. The van der Waals surface area contributed by atoms with Crippen LogP contribution in [-0.2, 0) is 9.59 Å². The van der Waals surface area contributed by atoms with Gasteiger partial charge in [-0.15, -0.1) is 0 Å². The van der Waals surface area contributed by atoms with Crippen molar-refractivity contribution in [1.29, 1.82) is 0 Å². The van der Waals surface area contributed by atoms with Gasteiger partial charge in [0, 0.05) is 24.7 Å². The molecule has 0 spiro atoms. The zero-order valence-electron chi connectivity index (χ0n) is 16.9. The molecule has 1 aliphatic heterocycles. The van der Waals surface area contributed by atoms with Crippen molar-refractivity contribution in [2.24, 2.45) is 17.3 Å². The van der Waals surface area contributed by atoms with Gasteiger partial charge < -0.3 is 15.0 Å². The van der Waals surface area contributed by atoms with E-state index in [0.29, 0.717) is 42.8 Å². The van der Waals surface area contributed by atoms with Crippen LogP contribution in [0.3, 0.4) is 0 Å². The average molecular weight is 360 g/mol. The lowest BCUT2D eigenvalue weighted by atomic mass is 9.92. The highest BCUT2D eigenvalue weighted by Crippen LogP contribution is 2.38. The number of hydrogen-bond acceptors (Lipinski definition) is 3. The van der Waals surface area contributed by atoms with Gasteiger partial charge in [0.1, 0.15) is 12.4 Å². The predicted molar refractivity (Wildman–Crippen MR) is 106 cm³/mol. The van der Waals surface area contributed by atoms with Crippen LogP contribution in [0.4, 0.5) is 11.4 Å². The molecule has 0 unspecified atom stereocenters. The number of amides is 2. The Bertz CT molecular complexity index is 665. The van der Waals surface area contributed by atoms with E-state index >= 15 is 0 Å². The van der Waals surface area contributed by atoms with Gasteiger partial charge in [0.05, 0.1) is 11.1 Å². The number of nitrogens with one attached hydrogen (secondary N) is 1. The molecule has 2 rings (SSSR count). The number of nitrogens with zero attached hydrogens (tertiary/aromatic N) is 1. The topological polar surface area (TPSA) is 58.6 Å². The summed E-state index contributed by atoms with van der Waals surface area (Å²) in [7, 11) is 0. The van der Waals surface area contributed by atoms with Crippen LogP contribution in [0.2, 0.25) is 0 Å². The number of fused-ring (bicyclic) bond motifs is 1. The Labute approximate surface area is 157 Å². The molecule has 1 aromatic rings. The number of carbonyl (C=O) groups excluding carboxylic acids is 2. The van der Waals surface area contributed by atoms with Crippen LogP contribution >= 0.6 is 0 Å². The Balaban J connectivity index is 2.29. The second kappa shape index (κ2) is 8.11. The molecule has 0 saturated carbocycles. The highest BCUT2D eigenvalue weighted by Gasteiger charge is 2.37. The second-order valence-electron chi connectivity index (χ2n) is 8.64. The SMILES string of the molecule is CC(C)CCN1C(=O)C(C)(C)COc2cc(NC(=O)CC(C)C)ccc21. The summed E-state index contributed by atoms with van der Waals surface area (Å²) >= 11 is 0. The Morgan fingerprint density at radius 3 is 2.54 bits per heavy atom. The first-order valence-electron chi connectivity index (χ1n) is 9.49. The molecular weight excluding hydrogens is 328 g/mol. The standard InChI is InChI=1S/C21H32N2O3/c1-14(2)9-10-23-17-8-7-16(22-19(24)11-15(3)4)12-18(17)26-13-21(5,6)20(23)25/h7-8,12,14-15H,9-11,13H2,1-6H3,(H,22,24). The van der Waals surface area contributed by atoms with Crippen LogP contribution in [-0.4, -0.2) is 25.0 Å². The lowest BCUT2D eigenvalue weighted by molar-refractivity contribution is -0.127. The van der Waals surface area contributed by atoms with Gasteiger partial charge in [-0.1, -0.05) is 27.7 Å². The van der Waals surface area contributed by atoms with E-state index in [1.165, 1.54) is 0 Å². The average Bonchev–Trinajstić information content (AvgIpc) is 2.61. The summed E-state index contributed by atoms with van der Waals surface area (Å²) in [5.74, 6) is 1.52. The van der Waals surface area contributed by atoms with Crippen LogP contribution in [0, 0.1) is 17.3 Å². The summed E-state index contributed by atoms with van der Waals surface area (Å²) in [4.78, 5) is 26.9. The van der Waals surface area contributed by atoms with Crippen molar-refractivity contribution in [3.05, 3.63) is 18.2 Å². The molecule has 26 heavy (non-hydrogen) atoms. The van der Waals surface area contributed by atoms with Gasteiger partial charge in [0.25, 0.3) is 0 Å². The van der Waals surface area contributed by atoms with Gasteiger partial charge in [-0.25, -0.2) is 0 Å². The molecule has 0 saturated heterocycles. The number of anilines is 2. The van der Waals surface area contributed by atoms with Crippen molar-refractivity contribution >= 4 is 23.2 Å². The minimum atomic E-state index is -0.586. The first-order chi connectivity index (χ1) is 12.1. The number of benzene rings is 1. The molecule has 0 aliphatic carbocycles. The molecule has 144 valence electrons. The fourth-order valence-electron chi connectivity index (χ4n) is 2.92. The molecule has 5 nitrogen and oxygen atoms in total. The maximum Gasteiger partial charge on any atom is 0.236 e. The molecule has 0 atom stereocenters. The van der Waals surface area contributed by atoms with E-state index < -0.39 is 5.41 Å². The van der Waals surface area contributed by atoms with Gasteiger partial charge >= 0.3 is 0 Å². The van der Waals surface area contributed by atoms with Crippen molar-refractivity contribution in [1.82, 2.24) is 0 Å². The van der Waals surface area contributed by atoms with Crippen molar-refractivity contribution < 1.29 is 14.3 Å². The molecule has 1 heterocycles. The summed E-state index contributed by atoms with van der Waals surface area (Å²) in [5, 5.41) is 2.92. The fourth-order valence-corrected chi connectivity index (χ4v) is 2.92. The van der Waals surface area contributed by atoms with Crippen molar-refractivity contribution in [2.45, 2.75) is 54.4 Å². The Morgan fingerprint density at radius 2 is 1.92 bits per heavy atom. The molecule has 1 aromatic carbocycles. The Kier molecular flexibility index (Phi) is 6.32. The largest absolute Gasteiger partial charge is 0.490 e. The van der Waals surface area contributed by atoms with Crippen LogP contribution in [0.5, 0.6) is 5.75 Å². The van der Waals surface area contributed by atoms with Crippen LogP contribution < -0.4 is 15.0 Å². The zero-order chi connectivity index (χ0) is 19.5. The van der Waals surface area contributed by atoms with E-state index in [1.54, 1.807) is 0 Å². The molecular formula is C21H32N2O3.